The van der Waals surface area contributed by atoms with Gasteiger partial charge in [-0.2, -0.15) is 0 Å². The van der Waals surface area contributed by atoms with Crippen molar-refractivity contribution in [2.45, 2.75) is 138 Å². The molecule has 1 aromatic heterocycles. The van der Waals surface area contributed by atoms with E-state index in [0.717, 1.165) is 99.3 Å². The van der Waals surface area contributed by atoms with E-state index in [0.29, 0.717) is 12.3 Å². The first-order valence-electron chi connectivity index (χ1n) is 34.9. The molecule has 7 aromatic carbocycles. The number of amides is 6. The molecule has 7 aliphatic rings. The van der Waals surface area contributed by atoms with Crippen LogP contribution in [0.5, 0.6) is 69.0 Å². The fourth-order valence-electron chi connectivity index (χ4n) is 13.8. The van der Waals surface area contributed by atoms with E-state index in [1.807, 2.05) is 0 Å². The van der Waals surface area contributed by atoms with Crippen LogP contribution < -0.4 is 51.4 Å². The Hall–Kier alpha value is -11.6. The summed E-state index contributed by atoms with van der Waals surface area (Å²) in [6.45, 7) is 2.53. The summed E-state index contributed by atoms with van der Waals surface area (Å²) in [6, 6.07) is 5.99. The molecular formula is C75H74Cl2N10O24. The van der Waals surface area contributed by atoms with E-state index < -0.39 is 207 Å². The highest BCUT2D eigenvalue weighted by molar-refractivity contribution is 6.32. The molecule has 1 unspecified atom stereocenters. The minimum Gasteiger partial charge on any atom is -0.508 e. The minimum atomic E-state index is -2.46. The van der Waals surface area contributed by atoms with Crippen molar-refractivity contribution in [3.05, 3.63) is 176 Å². The molecule has 34 nitrogen and oxygen atoms in total. The van der Waals surface area contributed by atoms with Gasteiger partial charge in [-0.05, 0) is 119 Å². The molecule has 15 rings (SSSR count). The number of carboxylic acids is 1. The first-order chi connectivity index (χ1) is 53.1. The molecule has 0 spiro atoms. The number of hydrogen-bond donors (Lipinski definition) is 18. The largest absolute Gasteiger partial charge is 0.508 e. The number of aliphatic hydroxyl groups is 4. The van der Waals surface area contributed by atoms with Crippen molar-refractivity contribution in [1.82, 2.24) is 52.2 Å². The molecule has 17 bridgehead atoms. The highest BCUT2D eigenvalue weighted by atomic mass is 35.5. The molecule has 8 aromatic rings. The van der Waals surface area contributed by atoms with Gasteiger partial charge in [-0.1, -0.05) is 78.9 Å². The van der Waals surface area contributed by atoms with Gasteiger partial charge in [-0.25, -0.2) is 9.48 Å². The van der Waals surface area contributed by atoms with Crippen LogP contribution >= 0.6 is 23.2 Å². The molecule has 8 heterocycles. The number of phenolic OH excluding ortho intramolecular Hbond substituents is 6. The number of rotatable bonds is 13. The van der Waals surface area contributed by atoms with Gasteiger partial charge in [-0.3, -0.25) is 34.1 Å². The Bertz CT molecular complexity index is 4970. The number of aromatic hydroxyl groups is 6. The molecule has 18 N–H and O–H groups in total. The number of fused-ring (bicyclic) bond motifs is 14. The standard InChI is InChI=1S/C75H74Cl2N10O24/c1-3-4-5-6-15-106-30-38-28-87(86-85-38)63-34-9-12-48(93)52(22-34)107-41-19-36(18-39(90)25-41)58-70(100)82-59-37-23-53(108-50-13-7-32(16-44(50)76)17-46(68(98)80-58)79-73(63)103)64(95)54(24-37)109-51-14-10-35(21-45(51)77)67(111-75-61(78-31(2)89)66(97)65(96)55(29-88)110-75)62-72(102)83-60(74(104)105)43-26-40(91)27-49(94)56(43)42-20-33(8-11-47(42)92)57(69(99)84-62)81-71(59)101/h7-14,16,18-28,46,55,57-63,65-67,71,75,81,88,90-97,101H,3-6,15,17,29-30H2,1-2H3,(H,78,89)(H,79,103)(H,80,98)(H,82,100)(H,83,102)(H,84,99)(H,104,105)/t46-,55-,57-,58+,59-,60-,61-,62-,63-,65-,66-,67-,71?,75+/m1/s1. The van der Waals surface area contributed by atoms with Crippen molar-refractivity contribution < 1.29 is 118 Å². The maximum absolute atomic E-state index is 16.1. The number of nitrogens with zero attached hydrogens (tertiary/aromatic N) is 3. The third-order valence-corrected chi connectivity index (χ3v) is 19.8. The van der Waals surface area contributed by atoms with Gasteiger partial charge < -0.3 is 116 Å². The normalized spacial score (nSPS) is 24.5. The van der Waals surface area contributed by atoms with Gasteiger partial charge in [0.2, 0.25) is 41.2 Å². The molecular weight excluding hydrogens is 1500 g/mol. The van der Waals surface area contributed by atoms with Crippen LogP contribution in [0, 0.1) is 0 Å². The number of unbranched alkanes of at least 4 members (excludes halogenated alkanes) is 3. The van der Waals surface area contributed by atoms with E-state index in [1.54, 1.807) is 0 Å². The van der Waals surface area contributed by atoms with Crippen LogP contribution in [0.2, 0.25) is 10.0 Å². The molecule has 0 aliphatic carbocycles. The zero-order chi connectivity index (χ0) is 79.0. The van der Waals surface area contributed by atoms with E-state index in [4.69, 9.17) is 51.6 Å². The lowest BCUT2D eigenvalue weighted by molar-refractivity contribution is -0.284. The van der Waals surface area contributed by atoms with Crippen LogP contribution in [-0.2, 0) is 60.8 Å². The molecule has 582 valence electrons. The van der Waals surface area contributed by atoms with Crippen LogP contribution in [0.1, 0.15) is 120 Å². The predicted molar refractivity (Wildman–Crippen MR) is 385 cm³/mol. The molecule has 6 amide bonds. The number of phenols is 6. The van der Waals surface area contributed by atoms with Crippen molar-refractivity contribution in [2.24, 2.45) is 0 Å². The number of benzene rings is 7. The van der Waals surface area contributed by atoms with Crippen molar-refractivity contribution >= 4 is 64.6 Å². The van der Waals surface area contributed by atoms with Gasteiger partial charge in [-0.15, -0.1) is 5.10 Å². The lowest BCUT2D eigenvalue weighted by Gasteiger charge is -2.44. The molecule has 1 fully saturated rings. The van der Waals surface area contributed by atoms with Gasteiger partial charge in [0, 0.05) is 48.8 Å². The predicted octanol–water partition coefficient (Wildman–Crippen LogP) is 5.02. The Balaban J connectivity index is 0.997. The first kappa shape index (κ1) is 77.6. The number of carbonyl (C=O) groups is 7. The van der Waals surface area contributed by atoms with E-state index in [9.17, 15) is 65.8 Å². The summed E-state index contributed by atoms with van der Waals surface area (Å²) in [5.74, 6) is -15.3. The monoisotopic (exact) mass is 1570 g/mol. The fraction of sp³-hybridized carbons (Fsp3) is 0.320. The van der Waals surface area contributed by atoms with Crippen LogP contribution in [0.25, 0.3) is 11.1 Å². The number of ether oxygens (including phenoxy) is 6. The number of carbonyl (C=O) groups excluding carboxylic acids is 6. The lowest BCUT2D eigenvalue weighted by Crippen LogP contribution is -2.65. The summed E-state index contributed by atoms with van der Waals surface area (Å²) in [5, 5.41) is 154. The van der Waals surface area contributed by atoms with Crippen molar-refractivity contribution in [3.8, 4) is 80.1 Å². The second-order valence-corrected chi connectivity index (χ2v) is 27.8. The molecule has 0 radical (unpaired) electrons. The third-order valence-electron chi connectivity index (χ3n) is 19.2. The summed E-state index contributed by atoms with van der Waals surface area (Å²) in [5.41, 5.74) is -2.01. The quantitative estimate of drug-likeness (QED) is 0.0673. The lowest BCUT2D eigenvalue weighted by atomic mass is 9.89. The zero-order valence-corrected chi connectivity index (χ0v) is 60.1. The fourth-order valence-corrected chi connectivity index (χ4v) is 14.3. The summed E-state index contributed by atoms with van der Waals surface area (Å²) < 4.78 is 38.7. The van der Waals surface area contributed by atoms with Gasteiger partial charge >= 0.3 is 5.97 Å². The van der Waals surface area contributed by atoms with Crippen LogP contribution in [0.4, 0.5) is 0 Å². The maximum Gasteiger partial charge on any atom is 0.330 e. The molecule has 7 aliphatic heterocycles. The Labute approximate surface area is 639 Å². The van der Waals surface area contributed by atoms with Gasteiger partial charge in [0.1, 0.15) is 107 Å². The zero-order valence-electron chi connectivity index (χ0n) is 58.6. The SMILES string of the molecule is CCCCCCOCc1cn([C@H]2C(=O)N[C@@H]3Cc4ccc(c(Cl)c4)Oc4cc5cc(c4O)Oc4ccc(cc4Cl)[C@@H](O[C@@H]4O[C@H](CO)[C@@H](O)[C@H](O)[C@H]4NC(C)=O)[C@H]4NC(=O)[C@H](NC(O)[C@@H]5NC(=O)[C@@H](NC3=O)c3cc(O)cc(c3)Oc3cc2ccc3O)c2ccc(O)c(c2)-c2c(O)cc(O)cc2[C@H](C(=O)O)NC4=O)nn1. The van der Waals surface area contributed by atoms with E-state index in [1.165, 1.54) is 59.4 Å². The molecule has 0 saturated carbocycles. The summed E-state index contributed by atoms with van der Waals surface area (Å²) in [6.07, 6.45) is -7.47. The Morgan fingerprint density at radius 1 is 0.631 bits per heavy atom. The smallest absolute Gasteiger partial charge is 0.330 e. The highest BCUT2D eigenvalue weighted by Crippen LogP contribution is 2.49. The first-order valence-corrected chi connectivity index (χ1v) is 35.6. The Morgan fingerprint density at radius 2 is 1.32 bits per heavy atom. The van der Waals surface area contributed by atoms with Crippen LogP contribution in [0.3, 0.4) is 0 Å². The average Bonchev–Trinajstić information content (AvgIpc) is 1.04. The number of hydrogen-bond acceptors (Lipinski definition) is 26. The topological polar surface area (TPSA) is 512 Å². The van der Waals surface area contributed by atoms with Gasteiger partial charge in [0.05, 0.1) is 35.5 Å². The number of aromatic nitrogens is 3. The summed E-state index contributed by atoms with van der Waals surface area (Å²) >= 11 is 14.2. The second kappa shape index (κ2) is 32.5. The summed E-state index contributed by atoms with van der Waals surface area (Å²) in [4.78, 5) is 105. The Kier molecular flexibility index (Phi) is 22.7. The van der Waals surface area contributed by atoms with Gasteiger partial charge in [0.15, 0.2) is 41.4 Å². The van der Waals surface area contributed by atoms with Crippen molar-refractivity contribution in [3.63, 3.8) is 0 Å². The molecule has 14 atom stereocenters. The second-order valence-electron chi connectivity index (χ2n) is 27.0. The number of aliphatic carboxylic acids is 1. The highest BCUT2D eigenvalue weighted by Gasteiger charge is 2.49. The van der Waals surface area contributed by atoms with Gasteiger partial charge in [0.25, 0.3) is 0 Å². The molecule has 111 heavy (non-hydrogen) atoms. The van der Waals surface area contributed by atoms with Crippen molar-refractivity contribution in [2.75, 3.05) is 13.2 Å². The molecule has 36 heteroatoms. The number of halogens is 2. The van der Waals surface area contributed by atoms with Crippen molar-refractivity contribution in [1.29, 1.82) is 0 Å². The number of nitrogens with one attached hydrogen (secondary N) is 7. The Morgan fingerprint density at radius 3 is 2.03 bits per heavy atom. The molecule has 1 saturated heterocycles. The van der Waals surface area contributed by atoms with E-state index >= 15 is 24.0 Å². The number of aliphatic hydroxyl groups excluding tert-OH is 4. The minimum absolute atomic E-state index is 0.00503. The summed E-state index contributed by atoms with van der Waals surface area (Å²) in [7, 11) is 0. The van der Waals surface area contributed by atoms with Crippen LogP contribution in [0.15, 0.2) is 121 Å². The maximum atomic E-state index is 16.1. The van der Waals surface area contributed by atoms with E-state index in [2.05, 4.69) is 54.5 Å². The average molecular weight is 1570 g/mol. The number of carboxylic acid groups (broad SMARTS) is 1. The van der Waals surface area contributed by atoms with E-state index in [-0.39, 0.29) is 68.0 Å². The van der Waals surface area contributed by atoms with Crippen LogP contribution in [-0.4, -0.2) is 175 Å². The third kappa shape index (κ3) is 16.5.